The molecule has 2 rings (SSSR count). The maximum atomic E-state index is 12.6. The highest BCUT2D eigenvalue weighted by atomic mass is 16.6. The molecule has 0 N–H and O–H groups in total. The van der Waals surface area contributed by atoms with Crippen molar-refractivity contribution in [1.82, 2.24) is 9.80 Å². The van der Waals surface area contributed by atoms with Gasteiger partial charge in [0.2, 0.25) is 5.91 Å². The molecule has 2 atom stereocenters. The van der Waals surface area contributed by atoms with Crippen molar-refractivity contribution >= 4 is 18.3 Å². The molecular weight excluding hydrogens is 272 g/mol. The van der Waals surface area contributed by atoms with Crippen molar-refractivity contribution in [1.29, 1.82) is 0 Å². The summed E-state index contributed by atoms with van der Waals surface area (Å²) in [5.41, 5.74) is -0.577. The lowest BCUT2D eigenvalue weighted by Gasteiger charge is -2.31. The molecule has 2 aliphatic heterocycles. The summed E-state index contributed by atoms with van der Waals surface area (Å²) in [7, 11) is 0. The smallest absolute Gasteiger partial charge is 0.410 e. The van der Waals surface area contributed by atoms with Crippen LogP contribution < -0.4 is 0 Å². The van der Waals surface area contributed by atoms with Crippen molar-refractivity contribution in [3.05, 3.63) is 0 Å². The number of likely N-dealkylation sites (tertiary alicyclic amines) is 2. The second-order valence-corrected chi connectivity index (χ2v) is 6.71. The van der Waals surface area contributed by atoms with E-state index in [9.17, 15) is 14.4 Å². The first kappa shape index (κ1) is 15.8. The topological polar surface area (TPSA) is 66.9 Å². The van der Waals surface area contributed by atoms with Crippen LogP contribution in [0.2, 0.25) is 0 Å². The van der Waals surface area contributed by atoms with E-state index in [1.165, 1.54) is 4.90 Å². The fourth-order valence-corrected chi connectivity index (χ4v) is 2.96. The van der Waals surface area contributed by atoms with Gasteiger partial charge in [-0.15, -0.1) is 0 Å². The van der Waals surface area contributed by atoms with E-state index in [1.54, 1.807) is 25.7 Å². The Kier molecular flexibility index (Phi) is 4.54. The lowest BCUT2D eigenvalue weighted by atomic mass is 10.1. The lowest BCUT2D eigenvalue weighted by Crippen LogP contribution is -2.50. The predicted molar refractivity (Wildman–Crippen MR) is 76.8 cm³/mol. The van der Waals surface area contributed by atoms with Crippen LogP contribution in [0.25, 0.3) is 0 Å². The van der Waals surface area contributed by atoms with Gasteiger partial charge in [0, 0.05) is 13.1 Å². The van der Waals surface area contributed by atoms with Gasteiger partial charge in [-0.05, 0) is 46.5 Å². The Labute approximate surface area is 125 Å². The molecule has 2 saturated heterocycles. The van der Waals surface area contributed by atoms with Gasteiger partial charge in [0.1, 0.15) is 17.9 Å². The van der Waals surface area contributed by atoms with Crippen molar-refractivity contribution in [2.24, 2.45) is 0 Å². The Morgan fingerprint density at radius 3 is 2.33 bits per heavy atom. The van der Waals surface area contributed by atoms with Gasteiger partial charge in [0.25, 0.3) is 0 Å². The van der Waals surface area contributed by atoms with Crippen LogP contribution in [0, 0.1) is 0 Å². The Morgan fingerprint density at radius 2 is 1.71 bits per heavy atom. The molecule has 21 heavy (non-hydrogen) atoms. The molecule has 0 aromatic carbocycles. The number of hydrogen-bond donors (Lipinski definition) is 0. The number of ether oxygens (including phenoxy) is 1. The molecule has 0 saturated carbocycles. The highest BCUT2D eigenvalue weighted by molar-refractivity contribution is 5.88. The van der Waals surface area contributed by atoms with Gasteiger partial charge in [-0.3, -0.25) is 9.69 Å². The van der Waals surface area contributed by atoms with E-state index >= 15 is 0 Å². The summed E-state index contributed by atoms with van der Waals surface area (Å²) in [5.74, 6) is -0.118. The van der Waals surface area contributed by atoms with E-state index in [4.69, 9.17) is 4.74 Å². The molecule has 0 radical (unpaired) electrons. The molecule has 2 fully saturated rings. The summed E-state index contributed by atoms with van der Waals surface area (Å²) >= 11 is 0. The van der Waals surface area contributed by atoms with Gasteiger partial charge in [-0.25, -0.2) is 4.79 Å². The third-order valence-corrected chi connectivity index (χ3v) is 3.91. The number of nitrogens with zero attached hydrogens (tertiary/aromatic N) is 2. The minimum atomic E-state index is -0.577. The van der Waals surface area contributed by atoms with Crippen LogP contribution in [0.4, 0.5) is 4.79 Å². The number of amides is 2. The standard InChI is InChI=1S/C15H24N2O4/c1-15(2,3)21-14(20)17-9-5-7-12(17)13(19)16-8-4-6-11(16)10-18/h10-12H,4-9H2,1-3H3/t11-,12-/m0/s1. The number of carbonyl (C=O) groups excluding carboxylic acids is 3. The first-order valence-electron chi connectivity index (χ1n) is 7.59. The zero-order chi connectivity index (χ0) is 15.6. The van der Waals surface area contributed by atoms with Crippen molar-refractivity contribution in [3.63, 3.8) is 0 Å². The number of rotatable bonds is 2. The fraction of sp³-hybridized carbons (Fsp3) is 0.800. The summed E-state index contributed by atoms with van der Waals surface area (Å²) in [6.07, 6.45) is 3.37. The van der Waals surface area contributed by atoms with Crippen LogP contribution in [0.3, 0.4) is 0 Å². The van der Waals surface area contributed by atoms with Gasteiger partial charge in [0.15, 0.2) is 0 Å². The Hall–Kier alpha value is -1.59. The van der Waals surface area contributed by atoms with Crippen molar-refractivity contribution in [2.45, 2.75) is 64.1 Å². The number of aldehydes is 1. The summed E-state index contributed by atoms with van der Waals surface area (Å²) in [6.45, 7) is 6.55. The van der Waals surface area contributed by atoms with Crippen molar-refractivity contribution in [2.75, 3.05) is 13.1 Å². The third kappa shape index (κ3) is 3.54. The average molecular weight is 296 g/mol. The van der Waals surface area contributed by atoms with Gasteiger partial charge in [-0.1, -0.05) is 0 Å². The van der Waals surface area contributed by atoms with Crippen molar-refractivity contribution < 1.29 is 19.1 Å². The molecule has 6 nitrogen and oxygen atoms in total. The minimum absolute atomic E-state index is 0.118. The van der Waals surface area contributed by atoms with Gasteiger partial charge >= 0.3 is 6.09 Å². The molecule has 118 valence electrons. The molecule has 0 aromatic heterocycles. The molecule has 0 unspecified atom stereocenters. The zero-order valence-corrected chi connectivity index (χ0v) is 13.0. The predicted octanol–water partition coefficient (Wildman–Crippen LogP) is 1.58. The SMILES string of the molecule is CC(C)(C)OC(=O)N1CCC[C@H]1C(=O)N1CCC[C@H]1C=O. The highest BCUT2D eigenvalue weighted by Gasteiger charge is 2.41. The average Bonchev–Trinajstić information content (AvgIpc) is 3.04. The van der Waals surface area contributed by atoms with Crippen LogP contribution in [-0.4, -0.2) is 58.9 Å². The molecule has 0 aliphatic carbocycles. The van der Waals surface area contributed by atoms with Gasteiger partial charge < -0.3 is 14.4 Å². The molecule has 6 heteroatoms. The third-order valence-electron chi connectivity index (χ3n) is 3.91. The van der Waals surface area contributed by atoms with Crippen LogP contribution in [-0.2, 0) is 14.3 Å². The molecule has 2 amide bonds. The van der Waals surface area contributed by atoms with Gasteiger partial charge in [0.05, 0.1) is 6.04 Å². The number of carbonyl (C=O) groups is 3. The molecule has 0 aromatic rings. The quantitative estimate of drug-likeness (QED) is 0.726. The first-order chi connectivity index (χ1) is 9.83. The fourth-order valence-electron chi connectivity index (χ4n) is 2.96. The summed E-state index contributed by atoms with van der Waals surface area (Å²) in [5, 5.41) is 0. The highest BCUT2D eigenvalue weighted by Crippen LogP contribution is 2.25. The van der Waals surface area contributed by atoms with Gasteiger partial charge in [-0.2, -0.15) is 0 Å². The van der Waals surface area contributed by atoms with E-state index in [2.05, 4.69) is 0 Å². The molecular formula is C15H24N2O4. The normalized spacial score (nSPS) is 26.0. The van der Waals surface area contributed by atoms with E-state index in [0.29, 0.717) is 25.9 Å². The summed E-state index contributed by atoms with van der Waals surface area (Å²) < 4.78 is 5.36. The lowest BCUT2D eigenvalue weighted by molar-refractivity contribution is -0.138. The molecule has 0 bridgehead atoms. The zero-order valence-electron chi connectivity index (χ0n) is 13.0. The largest absolute Gasteiger partial charge is 0.444 e. The Bertz CT molecular complexity index is 430. The molecule has 2 aliphatic rings. The molecule has 0 spiro atoms. The van der Waals surface area contributed by atoms with E-state index in [1.807, 2.05) is 0 Å². The Balaban J connectivity index is 2.06. The monoisotopic (exact) mass is 296 g/mol. The first-order valence-corrected chi connectivity index (χ1v) is 7.59. The Morgan fingerprint density at radius 1 is 1.10 bits per heavy atom. The second kappa shape index (κ2) is 6.03. The van der Waals surface area contributed by atoms with E-state index in [0.717, 1.165) is 19.1 Å². The van der Waals surface area contributed by atoms with E-state index < -0.39 is 17.7 Å². The van der Waals surface area contributed by atoms with E-state index in [-0.39, 0.29) is 11.9 Å². The maximum Gasteiger partial charge on any atom is 0.410 e. The van der Waals surface area contributed by atoms with Crippen LogP contribution in [0.1, 0.15) is 46.5 Å². The minimum Gasteiger partial charge on any atom is -0.444 e. The van der Waals surface area contributed by atoms with Crippen LogP contribution >= 0.6 is 0 Å². The van der Waals surface area contributed by atoms with Crippen molar-refractivity contribution in [3.8, 4) is 0 Å². The summed E-state index contributed by atoms with van der Waals surface area (Å²) in [6, 6.07) is -0.820. The van der Waals surface area contributed by atoms with Crippen LogP contribution in [0.15, 0.2) is 0 Å². The van der Waals surface area contributed by atoms with Crippen LogP contribution in [0.5, 0.6) is 0 Å². The second-order valence-electron chi connectivity index (χ2n) is 6.71. The maximum absolute atomic E-state index is 12.6. The summed E-state index contributed by atoms with van der Waals surface area (Å²) in [4.78, 5) is 39.0. The molecule has 2 heterocycles. The number of hydrogen-bond acceptors (Lipinski definition) is 4.